The van der Waals surface area contributed by atoms with Gasteiger partial charge in [0.2, 0.25) is 0 Å². The second-order valence-corrected chi connectivity index (χ2v) is 7.35. The van der Waals surface area contributed by atoms with Crippen molar-refractivity contribution in [3.8, 4) is 0 Å². The molecule has 1 saturated carbocycles. The Bertz CT molecular complexity index is 525. The van der Waals surface area contributed by atoms with Crippen molar-refractivity contribution >= 4 is 0 Å². The average Bonchev–Trinajstić information content (AvgIpc) is 3.25. The number of likely N-dealkylation sites (tertiary alicyclic amines) is 1. The van der Waals surface area contributed by atoms with Crippen molar-refractivity contribution in [1.82, 2.24) is 19.6 Å². The van der Waals surface area contributed by atoms with Crippen LogP contribution in [0.15, 0.2) is 6.20 Å². The lowest BCUT2D eigenvalue weighted by Crippen LogP contribution is -2.60. The van der Waals surface area contributed by atoms with Gasteiger partial charge in [-0.05, 0) is 32.1 Å². The lowest BCUT2D eigenvalue weighted by Gasteiger charge is -2.47. The second kappa shape index (κ2) is 5.95. The van der Waals surface area contributed by atoms with Gasteiger partial charge in [0.1, 0.15) is 0 Å². The third kappa shape index (κ3) is 3.07. The van der Waals surface area contributed by atoms with Crippen LogP contribution in [0.3, 0.4) is 0 Å². The molecule has 5 nitrogen and oxygen atoms in total. The quantitative estimate of drug-likeness (QED) is 0.842. The van der Waals surface area contributed by atoms with Crippen LogP contribution in [0.5, 0.6) is 0 Å². The van der Waals surface area contributed by atoms with Crippen LogP contribution >= 0.6 is 0 Å². The second-order valence-electron chi connectivity index (χ2n) is 7.35. The fourth-order valence-corrected chi connectivity index (χ4v) is 4.05. The molecule has 0 radical (unpaired) electrons. The number of ether oxygens (including phenoxy) is 1. The van der Waals surface area contributed by atoms with Gasteiger partial charge in [-0.2, -0.15) is 5.10 Å². The van der Waals surface area contributed by atoms with E-state index < -0.39 is 0 Å². The zero-order chi connectivity index (χ0) is 15.1. The summed E-state index contributed by atoms with van der Waals surface area (Å²) in [6.07, 6.45) is 6.67. The number of hydrogen-bond acceptors (Lipinski definition) is 4. The number of hydrogen-bond donors (Lipinski definition) is 0. The summed E-state index contributed by atoms with van der Waals surface area (Å²) in [5.41, 5.74) is 2.53. The molecule has 1 aliphatic carbocycles. The van der Waals surface area contributed by atoms with E-state index in [4.69, 9.17) is 4.74 Å². The number of aromatic nitrogens is 2. The maximum absolute atomic E-state index is 6.06. The van der Waals surface area contributed by atoms with E-state index in [-0.39, 0.29) is 0 Å². The molecule has 5 heteroatoms. The van der Waals surface area contributed by atoms with Crippen LogP contribution in [-0.4, -0.2) is 64.5 Å². The molecule has 1 aromatic rings. The number of piperidine rings is 1. The fraction of sp³-hybridized carbons (Fsp3) is 0.824. The van der Waals surface area contributed by atoms with Gasteiger partial charge in [-0.15, -0.1) is 0 Å². The van der Waals surface area contributed by atoms with E-state index in [0.717, 1.165) is 38.7 Å². The zero-order valence-electron chi connectivity index (χ0n) is 13.9. The highest BCUT2D eigenvalue weighted by Crippen LogP contribution is 2.33. The first-order valence-corrected chi connectivity index (χ1v) is 8.76. The molecular formula is C17H28N4O. The molecule has 0 aromatic carbocycles. The van der Waals surface area contributed by atoms with Gasteiger partial charge >= 0.3 is 0 Å². The first-order chi connectivity index (χ1) is 10.7. The van der Waals surface area contributed by atoms with Crippen LogP contribution in [0, 0.1) is 12.8 Å². The SMILES string of the molecule is Cc1nn(C)cc1CN1CC[C@H]2OCCN(CC3CC3)[C@@H]2C1. The highest BCUT2D eigenvalue weighted by molar-refractivity contribution is 5.15. The number of rotatable bonds is 4. The minimum Gasteiger partial charge on any atom is -0.375 e. The topological polar surface area (TPSA) is 33.5 Å². The molecule has 0 N–H and O–H groups in total. The van der Waals surface area contributed by atoms with E-state index in [1.165, 1.54) is 37.1 Å². The maximum atomic E-state index is 6.06. The van der Waals surface area contributed by atoms with Crippen molar-refractivity contribution in [2.24, 2.45) is 13.0 Å². The molecule has 0 bridgehead atoms. The van der Waals surface area contributed by atoms with Gasteiger partial charge in [0.25, 0.3) is 0 Å². The molecular weight excluding hydrogens is 276 g/mol. The maximum Gasteiger partial charge on any atom is 0.0755 e. The zero-order valence-corrected chi connectivity index (χ0v) is 13.9. The summed E-state index contributed by atoms with van der Waals surface area (Å²) in [6.45, 7) is 8.78. The summed E-state index contributed by atoms with van der Waals surface area (Å²) in [4.78, 5) is 5.31. The molecule has 3 heterocycles. The molecule has 2 aliphatic heterocycles. The van der Waals surface area contributed by atoms with E-state index in [9.17, 15) is 0 Å². The predicted molar refractivity (Wildman–Crippen MR) is 85.7 cm³/mol. The molecule has 2 saturated heterocycles. The minimum absolute atomic E-state index is 0.457. The summed E-state index contributed by atoms with van der Waals surface area (Å²) in [6, 6.07) is 0.597. The first-order valence-electron chi connectivity index (χ1n) is 8.76. The summed E-state index contributed by atoms with van der Waals surface area (Å²) in [5, 5.41) is 4.48. The molecule has 4 rings (SSSR count). The Kier molecular flexibility index (Phi) is 3.96. The summed E-state index contributed by atoms with van der Waals surface area (Å²) < 4.78 is 7.99. The number of fused-ring (bicyclic) bond motifs is 1. The molecule has 122 valence electrons. The molecule has 22 heavy (non-hydrogen) atoms. The van der Waals surface area contributed by atoms with Gasteiger partial charge in [-0.25, -0.2) is 0 Å². The Morgan fingerprint density at radius 1 is 1.27 bits per heavy atom. The van der Waals surface area contributed by atoms with Gasteiger partial charge in [0.15, 0.2) is 0 Å². The molecule has 0 spiro atoms. The fourth-order valence-electron chi connectivity index (χ4n) is 4.05. The standard InChI is InChI=1S/C17H28N4O/c1-13-15(10-19(2)18-13)11-20-6-5-17-16(12-20)21(7-8-22-17)9-14-3-4-14/h10,14,16-17H,3-9,11-12H2,1-2H3/t16-,17-/m1/s1. The van der Waals surface area contributed by atoms with Crippen molar-refractivity contribution in [3.63, 3.8) is 0 Å². The molecule has 3 aliphatic rings. The number of aryl methyl sites for hydroxylation is 2. The van der Waals surface area contributed by atoms with Crippen molar-refractivity contribution < 1.29 is 4.74 Å². The molecule has 0 unspecified atom stereocenters. The van der Waals surface area contributed by atoms with Gasteiger partial charge in [-0.3, -0.25) is 14.5 Å². The predicted octanol–water partition coefficient (Wildman–Crippen LogP) is 1.41. The van der Waals surface area contributed by atoms with Crippen LogP contribution in [0.2, 0.25) is 0 Å². The minimum atomic E-state index is 0.457. The first kappa shape index (κ1) is 14.7. The van der Waals surface area contributed by atoms with E-state index >= 15 is 0 Å². The lowest BCUT2D eigenvalue weighted by atomic mass is 9.98. The Labute approximate surface area is 133 Å². The van der Waals surface area contributed by atoms with E-state index in [1.54, 1.807) is 0 Å². The monoisotopic (exact) mass is 304 g/mol. The van der Waals surface area contributed by atoms with Crippen LogP contribution in [0.25, 0.3) is 0 Å². The largest absolute Gasteiger partial charge is 0.375 e. The van der Waals surface area contributed by atoms with Crippen LogP contribution < -0.4 is 0 Å². The Morgan fingerprint density at radius 3 is 2.86 bits per heavy atom. The van der Waals surface area contributed by atoms with Crippen molar-refractivity contribution in [1.29, 1.82) is 0 Å². The molecule has 2 atom stereocenters. The van der Waals surface area contributed by atoms with Crippen molar-refractivity contribution in [2.45, 2.75) is 44.9 Å². The van der Waals surface area contributed by atoms with E-state index in [2.05, 4.69) is 28.0 Å². The van der Waals surface area contributed by atoms with Gasteiger partial charge in [0, 0.05) is 57.6 Å². The van der Waals surface area contributed by atoms with Crippen LogP contribution in [0.1, 0.15) is 30.5 Å². The Morgan fingerprint density at radius 2 is 2.14 bits per heavy atom. The molecule has 3 fully saturated rings. The molecule has 0 amide bonds. The summed E-state index contributed by atoms with van der Waals surface area (Å²) in [7, 11) is 2.01. The molecule has 1 aromatic heterocycles. The van der Waals surface area contributed by atoms with Crippen molar-refractivity contribution in [2.75, 3.05) is 32.8 Å². The van der Waals surface area contributed by atoms with Crippen LogP contribution in [0.4, 0.5) is 0 Å². The van der Waals surface area contributed by atoms with E-state index in [0.29, 0.717) is 12.1 Å². The normalized spacial score (nSPS) is 30.5. The summed E-state index contributed by atoms with van der Waals surface area (Å²) in [5.74, 6) is 0.967. The summed E-state index contributed by atoms with van der Waals surface area (Å²) >= 11 is 0. The lowest BCUT2D eigenvalue weighted by molar-refractivity contribution is -0.105. The van der Waals surface area contributed by atoms with E-state index in [1.807, 2.05) is 11.7 Å². The number of morpholine rings is 1. The van der Waals surface area contributed by atoms with Gasteiger partial charge in [0.05, 0.1) is 18.4 Å². The highest BCUT2D eigenvalue weighted by Gasteiger charge is 2.39. The van der Waals surface area contributed by atoms with Crippen molar-refractivity contribution in [3.05, 3.63) is 17.5 Å². The smallest absolute Gasteiger partial charge is 0.0755 e. The highest BCUT2D eigenvalue weighted by atomic mass is 16.5. The average molecular weight is 304 g/mol. The van der Waals surface area contributed by atoms with Gasteiger partial charge in [-0.1, -0.05) is 0 Å². The van der Waals surface area contributed by atoms with Crippen LogP contribution in [-0.2, 0) is 18.3 Å². The van der Waals surface area contributed by atoms with Gasteiger partial charge < -0.3 is 4.74 Å². The number of nitrogens with zero attached hydrogens (tertiary/aromatic N) is 4. The third-order valence-electron chi connectivity index (χ3n) is 5.48. The Hall–Kier alpha value is -0.910. The Balaban J connectivity index is 1.41. The third-order valence-corrected chi connectivity index (χ3v) is 5.48.